The third kappa shape index (κ3) is 4.19. The van der Waals surface area contributed by atoms with E-state index in [9.17, 15) is 9.59 Å². The average Bonchev–Trinajstić information content (AvgIpc) is 2.98. The molecule has 1 fully saturated rings. The Labute approximate surface area is 156 Å². The monoisotopic (exact) mass is 373 g/mol. The highest BCUT2D eigenvalue weighted by atomic mass is 32.1. The Kier molecular flexibility index (Phi) is 5.22. The van der Waals surface area contributed by atoms with Crippen molar-refractivity contribution >= 4 is 28.4 Å². The van der Waals surface area contributed by atoms with Gasteiger partial charge in [0.25, 0.3) is 0 Å². The van der Waals surface area contributed by atoms with Gasteiger partial charge >= 0.3 is 6.03 Å². The van der Waals surface area contributed by atoms with Crippen molar-refractivity contribution < 1.29 is 9.59 Å². The number of carbonyl (C=O) groups excluding carboxylic acids is 2. The van der Waals surface area contributed by atoms with Gasteiger partial charge in [0.2, 0.25) is 11.0 Å². The van der Waals surface area contributed by atoms with Crippen molar-refractivity contribution in [1.29, 1.82) is 0 Å². The van der Waals surface area contributed by atoms with Crippen LogP contribution in [0.15, 0.2) is 30.3 Å². The van der Waals surface area contributed by atoms with E-state index >= 15 is 0 Å². The summed E-state index contributed by atoms with van der Waals surface area (Å²) in [4.78, 5) is 26.6. The van der Waals surface area contributed by atoms with Crippen LogP contribution in [0.4, 0.5) is 9.93 Å². The molecule has 2 aromatic rings. The molecule has 2 N–H and O–H groups in total. The molecule has 3 amide bonds. The van der Waals surface area contributed by atoms with Crippen molar-refractivity contribution in [3.63, 3.8) is 0 Å². The number of carbonyl (C=O) groups is 2. The largest absolute Gasteiger partial charge is 0.354 e. The lowest BCUT2D eigenvalue weighted by atomic mass is 9.98. The summed E-state index contributed by atoms with van der Waals surface area (Å²) in [7, 11) is 0. The second-order valence-electron chi connectivity index (χ2n) is 7.27. The summed E-state index contributed by atoms with van der Waals surface area (Å²) < 4.78 is 0. The summed E-state index contributed by atoms with van der Waals surface area (Å²) in [5.74, 6) is -0.0555. The molecule has 3 rings (SSSR count). The molecule has 0 bridgehead atoms. The molecule has 1 saturated heterocycles. The van der Waals surface area contributed by atoms with Gasteiger partial charge in [0.1, 0.15) is 5.01 Å². The van der Waals surface area contributed by atoms with Crippen molar-refractivity contribution in [3.8, 4) is 0 Å². The summed E-state index contributed by atoms with van der Waals surface area (Å²) in [5, 5.41) is 15.2. The van der Waals surface area contributed by atoms with Crippen LogP contribution in [0, 0.1) is 0 Å². The van der Waals surface area contributed by atoms with E-state index in [1.807, 2.05) is 30.3 Å². The summed E-state index contributed by atoms with van der Waals surface area (Å²) in [6.45, 7) is 7.02. The van der Waals surface area contributed by atoms with Crippen LogP contribution < -0.4 is 10.6 Å². The molecule has 7 nitrogen and oxygen atoms in total. The lowest BCUT2D eigenvalue weighted by molar-refractivity contribution is -0.121. The number of hydrogen-bond donors (Lipinski definition) is 2. The minimum Gasteiger partial charge on any atom is -0.354 e. The topological polar surface area (TPSA) is 87.2 Å². The molecule has 1 aromatic heterocycles. The van der Waals surface area contributed by atoms with Gasteiger partial charge in [-0.3, -0.25) is 10.1 Å². The molecule has 2 heterocycles. The lowest BCUT2D eigenvalue weighted by Gasteiger charge is -2.29. The van der Waals surface area contributed by atoms with E-state index in [2.05, 4.69) is 41.6 Å². The lowest BCUT2D eigenvalue weighted by Crippen LogP contribution is -2.39. The quantitative estimate of drug-likeness (QED) is 0.847. The third-order valence-corrected chi connectivity index (χ3v) is 5.42. The molecule has 0 radical (unpaired) electrons. The minimum absolute atomic E-state index is 0.0555. The molecule has 8 heteroatoms. The minimum atomic E-state index is -0.311. The second-order valence-corrected chi connectivity index (χ2v) is 8.24. The van der Waals surface area contributed by atoms with Crippen LogP contribution in [0.1, 0.15) is 43.8 Å². The standard InChI is InChI=1S/C18H23N5O2S/c1-18(2,3)15-21-22-16(26-15)20-17(25)23-10-9-19-14(24)11-13(23)12-7-5-4-6-8-12/h4-8,13H,9-11H2,1-3H3,(H,19,24)(H,20,22,25). The molecule has 1 atom stereocenters. The predicted octanol–water partition coefficient (Wildman–Crippen LogP) is 2.93. The van der Waals surface area contributed by atoms with Gasteiger partial charge in [-0.05, 0) is 5.56 Å². The van der Waals surface area contributed by atoms with E-state index in [0.717, 1.165) is 10.6 Å². The van der Waals surface area contributed by atoms with E-state index in [4.69, 9.17) is 0 Å². The molecular formula is C18H23N5O2S. The summed E-state index contributed by atoms with van der Waals surface area (Å²) in [6.07, 6.45) is 0.237. The van der Waals surface area contributed by atoms with Crippen molar-refractivity contribution in [2.75, 3.05) is 18.4 Å². The molecule has 0 saturated carbocycles. The van der Waals surface area contributed by atoms with Gasteiger partial charge in [-0.15, -0.1) is 10.2 Å². The summed E-state index contributed by atoms with van der Waals surface area (Å²) in [6, 6.07) is 9.03. The highest BCUT2D eigenvalue weighted by molar-refractivity contribution is 7.15. The van der Waals surface area contributed by atoms with E-state index in [-0.39, 0.29) is 29.8 Å². The van der Waals surface area contributed by atoms with Gasteiger partial charge in [0.05, 0.1) is 12.5 Å². The highest BCUT2D eigenvalue weighted by Gasteiger charge is 2.30. The Bertz CT molecular complexity index is 784. The van der Waals surface area contributed by atoms with E-state index in [1.165, 1.54) is 11.3 Å². The first kappa shape index (κ1) is 18.3. The smallest absolute Gasteiger partial charge is 0.324 e. The number of amides is 3. The fourth-order valence-corrected chi connectivity index (χ4v) is 3.58. The Morgan fingerprint density at radius 1 is 1.27 bits per heavy atom. The summed E-state index contributed by atoms with van der Waals surface area (Å²) in [5.41, 5.74) is 0.818. The van der Waals surface area contributed by atoms with Crippen LogP contribution in [-0.2, 0) is 10.2 Å². The number of anilines is 1. The SMILES string of the molecule is CC(C)(C)c1nnc(NC(=O)N2CCNC(=O)CC2c2ccccc2)s1. The molecule has 1 unspecified atom stereocenters. The number of hydrogen-bond acceptors (Lipinski definition) is 5. The summed E-state index contributed by atoms with van der Waals surface area (Å²) >= 11 is 1.37. The predicted molar refractivity (Wildman–Crippen MR) is 101 cm³/mol. The van der Waals surface area contributed by atoms with Crippen LogP contribution in [0.2, 0.25) is 0 Å². The Morgan fingerprint density at radius 3 is 2.65 bits per heavy atom. The van der Waals surface area contributed by atoms with E-state index in [1.54, 1.807) is 4.90 Å². The van der Waals surface area contributed by atoms with Crippen LogP contribution in [0.5, 0.6) is 0 Å². The fourth-order valence-electron chi connectivity index (χ4n) is 2.79. The zero-order chi connectivity index (χ0) is 18.7. The average molecular weight is 373 g/mol. The van der Waals surface area contributed by atoms with E-state index < -0.39 is 0 Å². The number of aromatic nitrogens is 2. The maximum atomic E-state index is 12.9. The number of rotatable bonds is 2. The number of urea groups is 1. The molecular weight excluding hydrogens is 350 g/mol. The first-order valence-electron chi connectivity index (χ1n) is 8.58. The molecule has 1 aromatic carbocycles. The zero-order valence-corrected chi connectivity index (χ0v) is 16.0. The van der Waals surface area contributed by atoms with Gasteiger partial charge in [0.15, 0.2) is 0 Å². The highest BCUT2D eigenvalue weighted by Crippen LogP contribution is 2.29. The number of nitrogens with one attached hydrogen (secondary N) is 2. The molecule has 1 aliphatic rings. The van der Waals surface area contributed by atoms with Crippen molar-refractivity contribution in [3.05, 3.63) is 40.9 Å². The van der Waals surface area contributed by atoms with Gasteiger partial charge in [-0.2, -0.15) is 0 Å². The van der Waals surface area contributed by atoms with Gasteiger partial charge in [-0.25, -0.2) is 4.79 Å². The second kappa shape index (κ2) is 7.41. The van der Waals surface area contributed by atoms with Crippen molar-refractivity contribution in [2.24, 2.45) is 0 Å². The van der Waals surface area contributed by atoms with Crippen molar-refractivity contribution in [2.45, 2.75) is 38.6 Å². The molecule has 26 heavy (non-hydrogen) atoms. The van der Waals surface area contributed by atoms with Crippen LogP contribution in [-0.4, -0.2) is 40.1 Å². The molecule has 0 aliphatic carbocycles. The maximum Gasteiger partial charge on any atom is 0.324 e. The fraction of sp³-hybridized carbons (Fsp3) is 0.444. The molecule has 1 aliphatic heterocycles. The number of nitrogens with zero attached hydrogens (tertiary/aromatic N) is 3. The Balaban J connectivity index is 1.81. The van der Waals surface area contributed by atoms with Crippen LogP contribution >= 0.6 is 11.3 Å². The zero-order valence-electron chi connectivity index (χ0n) is 15.2. The maximum absolute atomic E-state index is 12.9. The van der Waals surface area contributed by atoms with Gasteiger partial charge in [0, 0.05) is 18.5 Å². The normalized spacial score (nSPS) is 18.2. The Hall–Kier alpha value is -2.48. The van der Waals surface area contributed by atoms with Gasteiger partial charge in [-0.1, -0.05) is 62.4 Å². The first-order valence-corrected chi connectivity index (χ1v) is 9.39. The molecule has 138 valence electrons. The van der Waals surface area contributed by atoms with Crippen molar-refractivity contribution in [1.82, 2.24) is 20.4 Å². The molecule has 0 spiro atoms. The van der Waals surface area contributed by atoms with Crippen LogP contribution in [0.25, 0.3) is 0 Å². The third-order valence-electron chi connectivity index (χ3n) is 4.16. The number of benzene rings is 1. The first-order chi connectivity index (χ1) is 12.3. The van der Waals surface area contributed by atoms with E-state index in [0.29, 0.717) is 18.2 Å². The Morgan fingerprint density at radius 2 is 2.00 bits per heavy atom. The van der Waals surface area contributed by atoms with Crippen LogP contribution in [0.3, 0.4) is 0 Å². The van der Waals surface area contributed by atoms with Gasteiger partial charge < -0.3 is 10.2 Å².